The summed E-state index contributed by atoms with van der Waals surface area (Å²) < 4.78 is 5.57. The van der Waals surface area contributed by atoms with Crippen LogP contribution < -0.4 is 4.74 Å². The zero-order chi connectivity index (χ0) is 14.5. The molecular weight excluding hydrogens is 238 g/mol. The van der Waals surface area contributed by atoms with Crippen molar-refractivity contribution in [1.82, 2.24) is 4.90 Å². The lowest BCUT2D eigenvalue weighted by atomic mass is 10.2. The molecule has 1 amide bonds. The van der Waals surface area contributed by atoms with Gasteiger partial charge in [-0.1, -0.05) is 32.0 Å². The van der Waals surface area contributed by atoms with Crippen LogP contribution in [0.4, 0.5) is 0 Å². The molecule has 19 heavy (non-hydrogen) atoms. The van der Waals surface area contributed by atoms with E-state index in [2.05, 4.69) is 0 Å². The molecule has 108 valence electrons. The number of hydrogen-bond donors (Lipinski definition) is 0. The monoisotopic (exact) mass is 265 g/mol. The molecule has 3 heteroatoms. The molecule has 1 aromatic carbocycles. The summed E-state index contributed by atoms with van der Waals surface area (Å²) in [5, 5.41) is 0. The summed E-state index contributed by atoms with van der Waals surface area (Å²) >= 11 is 0. The van der Waals surface area contributed by atoms with E-state index >= 15 is 0 Å². The Bertz CT molecular complexity index is 323. The summed E-state index contributed by atoms with van der Waals surface area (Å²) in [6.45, 7) is 4.72. The second kappa shape index (κ2) is 11.6. The van der Waals surface area contributed by atoms with Crippen LogP contribution in [-0.2, 0) is 4.79 Å². The normalized spacial score (nSPS) is 9.26. The molecule has 0 aromatic heterocycles. The Balaban J connectivity index is 0.00000154. The molecule has 0 unspecified atom stereocenters. The van der Waals surface area contributed by atoms with Gasteiger partial charge in [-0.3, -0.25) is 4.79 Å². The van der Waals surface area contributed by atoms with E-state index in [9.17, 15) is 4.79 Å². The number of amides is 1. The SMILES string of the molecule is CC.CN(C)C(=O)CCCCCOc1ccccc1. The van der Waals surface area contributed by atoms with Crippen LogP contribution in [0, 0.1) is 0 Å². The average Bonchev–Trinajstić information content (AvgIpc) is 2.45. The van der Waals surface area contributed by atoms with Gasteiger partial charge in [0, 0.05) is 20.5 Å². The molecule has 0 atom stereocenters. The van der Waals surface area contributed by atoms with Crippen LogP contribution in [-0.4, -0.2) is 31.5 Å². The predicted molar refractivity (Wildman–Crippen MR) is 80.4 cm³/mol. The Hall–Kier alpha value is -1.51. The van der Waals surface area contributed by atoms with Crippen LogP contribution in [0.1, 0.15) is 39.5 Å². The standard InChI is InChI=1S/C14H21NO2.C2H6/c1-15(2)14(16)11-7-4-8-12-17-13-9-5-3-6-10-13;1-2/h3,5-6,9-10H,4,7-8,11-12H2,1-2H3;1-2H3. The van der Waals surface area contributed by atoms with Crippen LogP contribution in [0.25, 0.3) is 0 Å². The molecule has 0 spiro atoms. The van der Waals surface area contributed by atoms with Gasteiger partial charge in [0.15, 0.2) is 0 Å². The molecule has 0 aliphatic rings. The fourth-order valence-electron chi connectivity index (χ4n) is 1.49. The molecule has 0 saturated carbocycles. The molecule has 1 aromatic rings. The van der Waals surface area contributed by atoms with Crippen molar-refractivity contribution in [2.24, 2.45) is 0 Å². The van der Waals surface area contributed by atoms with Crippen LogP contribution in [0.2, 0.25) is 0 Å². The van der Waals surface area contributed by atoms with Gasteiger partial charge in [0.1, 0.15) is 5.75 Å². The van der Waals surface area contributed by atoms with Crippen LogP contribution in [0.5, 0.6) is 5.75 Å². The minimum absolute atomic E-state index is 0.203. The first-order valence-corrected chi connectivity index (χ1v) is 7.08. The molecule has 0 saturated heterocycles. The summed E-state index contributed by atoms with van der Waals surface area (Å²) in [6.07, 6.45) is 3.61. The Kier molecular flexibility index (Phi) is 10.7. The van der Waals surface area contributed by atoms with E-state index in [0.29, 0.717) is 6.42 Å². The quantitative estimate of drug-likeness (QED) is 0.703. The summed E-state index contributed by atoms with van der Waals surface area (Å²) in [5.74, 6) is 1.12. The van der Waals surface area contributed by atoms with Crippen molar-refractivity contribution in [3.8, 4) is 5.75 Å². The molecule has 0 fully saturated rings. The lowest BCUT2D eigenvalue weighted by Crippen LogP contribution is -2.21. The van der Waals surface area contributed by atoms with Crippen molar-refractivity contribution in [1.29, 1.82) is 0 Å². The first-order chi connectivity index (χ1) is 9.20. The molecule has 0 aliphatic carbocycles. The second-order valence-corrected chi connectivity index (χ2v) is 4.26. The van der Waals surface area contributed by atoms with Crippen molar-refractivity contribution in [2.75, 3.05) is 20.7 Å². The maximum absolute atomic E-state index is 11.3. The lowest BCUT2D eigenvalue weighted by molar-refractivity contribution is -0.128. The van der Waals surface area contributed by atoms with E-state index in [1.54, 1.807) is 19.0 Å². The number of hydrogen-bond acceptors (Lipinski definition) is 2. The lowest BCUT2D eigenvalue weighted by Gasteiger charge is -2.09. The van der Waals surface area contributed by atoms with Crippen LogP contribution in [0.15, 0.2) is 30.3 Å². The number of nitrogens with zero attached hydrogens (tertiary/aromatic N) is 1. The third-order valence-electron chi connectivity index (χ3n) is 2.55. The van der Waals surface area contributed by atoms with Crippen LogP contribution in [0.3, 0.4) is 0 Å². The van der Waals surface area contributed by atoms with E-state index in [1.165, 1.54) is 0 Å². The van der Waals surface area contributed by atoms with Gasteiger partial charge in [-0.05, 0) is 31.4 Å². The minimum atomic E-state index is 0.203. The largest absolute Gasteiger partial charge is 0.494 e. The minimum Gasteiger partial charge on any atom is -0.494 e. The molecule has 3 nitrogen and oxygen atoms in total. The van der Waals surface area contributed by atoms with Gasteiger partial charge in [0.25, 0.3) is 0 Å². The number of carbonyl (C=O) groups is 1. The van der Waals surface area contributed by atoms with E-state index in [0.717, 1.165) is 31.6 Å². The van der Waals surface area contributed by atoms with E-state index in [-0.39, 0.29) is 5.91 Å². The zero-order valence-electron chi connectivity index (χ0n) is 12.7. The highest BCUT2D eigenvalue weighted by molar-refractivity contribution is 5.75. The Morgan fingerprint density at radius 3 is 2.26 bits per heavy atom. The number of ether oxygens (including phenoxy) is 1. The first-order valence-electron chi connectivity index (χ1n) is 7.08. The topological polar surface area (TPSA) is 29.5 Å². The Morgan fingerprint density at radius 2 is 1.68 bits per heavy atom. The molecule has 1 rings (SSSR count). The van der Waals surface area contributed by atoms with Gasteiger partial charge in [0.05, 0.1) is 6.61 Å². The highest BCUT2D eigenvalue weighted by atomic mass is 16.5. The van der Waals surface area contributed by atoms with Crippen LogP contribution >= 0.6 is 0 Å². The molecule has 0 bridgehead atoms. The highest BCUT2D eigenvalue weighted by Crippen LogP contribution is 2.09. The van der Waals surface area contributed by atoms with E-state index < -0.39 is 0 Å². The van der Waals surface area contributed by atoms with Crippen molar-refractivity contribution in [3.05, 3.63) is 30.3 Å². The zero-order valence-corrected chi connectivity index (χ0v) is 12.7. The second-order valence-electron chi connectivity index (χ2n) is 4.26. The van der Waals surface area contributed by atoms with E-state index in [4.69, 9.17) is 4.74 Å². The summed E-state index contributed by atoms with van der Waals surface area (Å²) in [6, 6.07) is 9.81. The number of unbranched alkanes of at least 4 members (excludes halogenated alkanes) is 2. The molecule has 0 radical (unpaired) electrons. The van der Waals surface area contributed by atoms with Gasteiger partial charge in [-0.2, -0.15) is 0 Å². The smallest absolute Gasteiger partial charge is 0.222 e. The Morgan fingerprint density at radius 1 is 1.05 bits per heavy atom. The highest BCUT2D eigenvalue weighted by Gasteiger charge is 2.02. The maximum Gasteiger partial charge on any atom is 0.222 e. The molecule has 0 heterocycles. The number of rotatable bonds is 7. The molecular formula is C16H27NO2. The summed E-state index contributed by atoms with van der Waals surface area (Å²) in [5.41, 5.74) is 0. The fourth-order valence-corrected chi connectivity index (χ4v) is 1.49. The number of benzene rings is 1. The van der Waals surface area contributed by atoms with Crippen molar-refractivity contribution < 1.29 is 9.53 Å². The van der Waals surface area contributed by atoms with Gasteiger partial charge in [-0.15, -0.1) is 0 Å². The number of para-hydroxylation sites is 1. The maximum atomic E-state index is 11.3. The van der Waals surface area contributed by atoms with Gasteiger partial charge >= 0.3 is 0 Å². The predicted octanol–water partition coefficient (Wildman–Crippen LogP) is 3.74. The van der Waals surface area contributed by atoms with Crippen molar-refractivity contribution >= 4 is 5.91 Å². The number of carbonyl (C=O) groups excluding carboxylic acids is 1. The fraction of sp³-hybridized carbons (Fsp3) is 0.562. The Labute approximate surface area is 117 Å². The third kappa shape index (κ3) is 9.11. The average molecular weight is 265 g/mol. The third-order valence-corrected chi connectivity index (χ3v) is 2.55. The van der Waals surface area contributed by atoms with E-state index in [1.807, 2.05) is 44.2 Å². The molecule has 0 N–H and O–H groups in total. The summed E-state index contributed by atoms with van der Waals surface area (Å²) in [4.78, 5) is 12.9. The summed E-state index contributed by atoms with van der Waals surface area (Å²) in [7, 11) is 3.59. The van der Waals surface area contributed by atoms with Crippen molar-refractivity contribution in [2.45, 2.75) is 39.5 Å². The first kappa shape index (κ1) is 17.5. The van der Waals surface area contributed by atoms with Gasteiger partial charge < -0.3 is 9.64 Å². The van der Waals surface area contributed by atoms with Gasteiger partial charge in [-0.25, -0.2) is 0 Å². The van der Waals surface area contributed by atoms with Gasteiger partial charge in [0.2, 0.25) is 5.91 Å². The van der Waals surface area contributed by atoms with Crippen molar-refractivity contribution in [3.63, 3.8) is 0 Å². The molecule has 0 aliphatic heterocycles.